The van der Waals surface area contributed by atoms with Gasteiger partial charge in [-0.15, -0.1) is 0 Å². The monoisotopic (exact) mass is 275 g/mol. The average molecular weight is 275 g/mol. The minimum atomic E-state index is -3.24. The smallest absolute Gasteiger partial charge is 0.175 e. The van der Waals surface area contributed by atoms with Gasteiger partial charge in [0.05, 0.1) is 10.6 Å². The van der Waals surface area contributed by atoms with Crippen molar-refractivity contribution < 1.29 is 13.5 Å². The molecule has 0 aliphatic carbocycles. The molecule has 0 unspecified atom stereocenters. The fraction of sp³-hybridized carbons (Fsp3) is 0.0714. The molecule has 1 N–H and O–H groups in total. The van der Waals surface area contributed by atoms with E-state index in [0.717, 1.165) is 6.26 Å². The van der Waals surface area contributed by atoms with Crippen LogP contribution in [-0.4, -0.2) is 26.0 Å². The molecule has 4 nitrogen and oxygen atoms in total. The first-order valence-corrected chi connectivity index (χ1v) is 7.48. The third kappa shape index (κ3) is 3.42. The molecule has 0 bridgehead atoms. The standard InChI is InChI=1S/C14H13NO3S/c1-19(17,18)13-7-4-6-12(9-13)15-10-11-5-2-3-8-14(11)16/h2-10,16H,1H3. The summed E-state index contributed by atoms with van der Waals surface area (Å²) in [5, 5.41) is 9.59. The summed E-state index contributed by atoms with van der Waals surface area (Å²) in [6.07, 6.45) is 2.65. The number of nitrogens with zero attached hydrogens (tertiary/aromatic N) is 1. The Balaban J connectivity index is 2.32. The van der Waals surface area contributed by atoms with Gasteiger partial charge in [0.2, 0.25) is 0 Å². The molecule has 2 rings (SSSR count). The van der Waals surface area contributed by atoms with Crippen molar-refractivity contribution in [3.05, 3.63) is 54.1 Å². The molecule has 0 aromatic heterocycles. The average Bonchev–Trinajstić information content (AvgIpc) is 2.37. The van der Waals surface area contributed by atoms with Crippen LogP contribution < -0.4 is 0 Å². The van der Waals surface area contributed by atoms with E-state index in [9.17, 15) is 13.5 Å². The van der Waals surface area contributed by atoms with Crippen LogP contribution in [0.15, 0.2) is 58.4 Å². The van der Waals surface area contributed by atoms with Crippen molar-refractivity contribution in [2.45, 2.75) is 4.90 Å². The number of aromatic hydroxyl groups is 1. The number of phenols is 1. The SMILES string of the molecule is CS(=O)(=O)c1cccc(N=Cc2ccccc2O)c1. The highest BCUT2D eigenvalue weighted by molar-refractivity contribution is 7.90. The van der Waals surface area contributed by atoms with Crippen LogP contribution >= 0.6 is 0 Å². The van der Waals surface area contributed by atoms with Crippen LogP contribution in [0.2, 0.25) is 0 Å². The van der Waals surface area contributed by atoms with Crippen LogP contribution in [0, 0.1) is 0 Å². The van der Waals surface area contributed by atoms with Gasteiger partial charge in [-0.25, -0.2) is 8.42 Å². The molecular weight excluding hydrogens is 262 g/mol. The van der Waals surface area contributed by atoms with Crippen molar-refractivity contribution in [3.63, 3.8) is 0 Å². The second-order valence-corrected chi connectivity index (χ2v) is 6.10. The first-order valence-electron chi connectivity index (χ1n) is 5.59. The number of benzene rings is 2. The Hall–Kier alpha value is -2.14. The van der Waals surface area contributed by atoms with Crippen LogP contribution in [-0.2, 0) is 9.84 Å². The van der Waals surface area contributed by atoms with Crippen LogP contribution in [0.1, 0.15) is 5.56 Å². The first kappa shape index (κ1) is 13.3. The molecule has 0 fully saturated rings. The van der Waals surface area contributed by atoms with Gasteiger partial charge in [0.1, 0.15) is 5.75 Å². The van der Waals surface area contributed by atoms with E-state index in [4.69, 9.17) is 0 Å². The summed E-state index contributed by atoms with van der Waals surface area (Å²) in [4.78, 5) is 4.38. The maximum absolute atomic E-state index is 11.4. The minimum Gasteiger partial charge on any atom is -0.507 e. The van der Waals surface area contributed by atoms with Gasteiger partial charge in [-0.1, -0.05) is 18.2 Å². The third-order valence-electron chi connectivity index (χ3n) is 2.54. The normalized spacial score (nSPS) is 11.8. The van der Waals surface area contributed by atoms with Crippen molar-refractivity contribution in [1.29, 1.82) is 0 Å². The van der Waals surface area contributed by atoms with Gasteiger partial charge in [-0.2, -0.15) is 0 Å². The molecule has 0 aliphatic heterocycles. The number of rotatable bonds is 3. The molecule has 2 aromatic rings. The van der Waals surface area contributed by atoms with Crippen LogP contribution in [0.3, 0.4) is 0 Å². The van der Waals surface area contributed by atoms with Crippen LogP contribution in [0.4, 0.5) is 5.69 Å². The Kier molecular flexibility index (Phi) is 3.66. The number of phenolic OH excluding ortho intramolecular Hbond substituents is 1. The number of sulfone groups is 1. The molecule has 5 heteroatoms. The lowest BCUT2D eigenvalue weighted by atomic mass is 10.2. The lowest BCUT2D eigenvalue weighted by molar-refractivity contribution is 0.474. The molecule has 0 radical (unpaired) electrons. The zero-order valence-corrected chi connectivity index (χ0v) is 11.1. The Bertz CT molecular complexity index is 721. The van der Waals surface area contributed by atoms with E-state index in [2.05, 4.69) is 4.99 Å². The highest BCUT2D eigenvalue weighted by atomic mass is 32.2. The second-order valence-electron chi connectivity index (χ2n) is 4.09. The summed E-state index contributed by atoms with van der Waals surface area (Å²) < 4.78 is 22.8. The van der Waals surface area contributed by atoms with Gasteiger partial charge in [-0.05, 0) is 30.3 Å². The van der Waals surface area contributed by atoms with E-state index in [-0.39, 0.29) is 10.6 Å². The van der Waals surface area contributed by atoms with Gasteiger partial charge in [-0.3, -0.25) is 4.99 Å². The molecule has 0 saturated carbocycles. The summed E-state index contributed by atoms with van der Waals surface area (Å²) in [7, 11) is -3.24. The highest BCUT2D eigenvalue weighted by Gasteiger charge is 2.06. The fourth-order valence-corrected chi connectivity index (χ4v) is 2.20. The molecular formula is C14H13NO3S. The second kappa shape index (κ2) is 5.24. The van der Waals surface area contributed by atoms with Crippen LogP contribution in [0.25, 0.3) is 0 Å². The zero-order valence-electron chi connectivity index (χ0n) is 10.3. The topological polar surface area (TPSA) is 66.7 Å². The van der Waals surface area contributed by atoms with Crippen molar-refractivity contribution in [2.75, 3.05) is 6.26 Å². The summed E-state index contributed by atoms with van der Waals surface area (Å²) in [5.74, 6) is 0.130. The van der Waals surface area contributed by atoms with E-state index in [0.29, 0.717) is 11.3 Å². The maximum Gasteiger partial charge on any atom is 0.175 e. The van der Waals surface area contributed by atoms with Gasteiger partial charge in [0, 0.05) is 18.0 Å². The Morgan fingerprint density at radius 1 is 1.11 bits per heavy atom. The van der Waals surface area contributed by atoms with Gasteiger partial charge < -0.3 is 5.11 Å². The lowest BCUT2D eigenvalue weighted by Gasteiger charge is -2.00. The summed E-state index contributed by atoms with van der Waals surface area (Å²) in [6.45, 7) is 0. The summed E-state index contributed by atoms with van der Waals surface area (Å²) >= 11 is 0. The summed E-state index contributed by atoms with van der Waals surface area (Å²) in [5.41, 5.74) is 1.10. The molecule has 0 heterocycles. The quantitative estimate of drug-likeness (QED) is 0.875. The molecule has 19 heavy (non-hydrogen) atoms. The molecule has 0 saturated heterocycles. The largest absolute Gasteiger partial charge is 0.507 e. The Morgan fingerprint density at radius 3 is 2.53 bits per heavy atom. The van der Waals surface area contributed by atoms with Crippen molar-refractivity contribution in [3.8, 4) is 5.75 Å². The summed E-state index contributed by atoms with van der Waals surface area (Å²) in [6, 6.07) is 13.1. The van der Waals surface area contributed by atoms with Gasteiger partial charge >= 0.3 is 0 Å². The van der Waals surface area contributed by atoms with E-state index < -0.39 is 9.84 Å². The van der Waals surface area contributed by atoms with E-state index in [1.165, 1.54) is 18.3 Å². The number of hydrogen-bond donors (Lipinski definition) is 1. The third-order valence-corrected chi connectivity index (χ3v) is 3.65. The number of hydrogen-bond acceptors (Lipinski definition) is 4. The molecule has 0 atom stereocenters. The predicted molar refractivity (Wildman–Crippen MR) is 74.9 cm³/mol. The Morgan fingerprint density at radius 2 is 1.84 bits per heavy atom. The highest BCUT2D eigenvalue weighted by Crippen LogP contribution is 2.19. The van der Waals surface area contributed by atoms with Gasteiger partial charge in [0.25, 0.3) is 0 Å². The molecule has 0 spiro atoms. The number of para-hydroxylation sites is 1. The molecule has 98 valence electrons. The lowest BCUT2D eigenvalue weighted by Crippen LogP contribution is -1.95. The minimum absolute atomic E-state index is 0.130. The fourth-order valence-electron chi connectivity index (χ4n) is 1.54. The van der Waals surface area contributed by atoms with Crippen molar-refractivity contribution in [2.24, 2.45) is 4.99 Å². The van der Waals surface area contributed by atoms with E-state index in [1.807, 2.05) is 0 Å². The van der Waals surface area contributed by atoms with Crippen molar-refractivity contribution in [1.82, 2.24) is 0 Å². The Labute approximate surface area is 112 Å². The van der Waals surface area contributed by atoms with Crippen molar-refractivity contribution >= 4 is 21.7 Å². The van der Waals surface area contributed by atoms with E-state index >= 15 is 0 Å². The first-order chi connectivity index (χ1) is 8.97. The number of aliphatic imine (C=N–C) groups is 1. The molecule has 2 aromatic carbocycles. The maximum atomic E-state index is 11.4. The van der Waals surface area contributed by atoms with E-state index in [1.54, 1.807) is 36.4 Å². The predicted octanol–water partition coefficient (Wildman–Crippen LogP) is 2.55. The van der Waals surface area contributed by atoms with Crippen LogP contribution in [0.5, 0.6) is 5.75 Å². The molecule has 0 amide bonds. The van der Waals surface area contributed by atoms with Gasteiger partial charge in [0.15, 0.2) is 9.84 Å². The zero-order chi connectivity index (χ0) is 13.9. The molecule has 0 aliphatic rings.